The van der Waals surface area contributed by atoms with Crippen LogP contribution in [0.1, 0.15) is 48.1 Å². The molecule has 0 aliphatic carbocycles. The summed E-state index contributed by atoms with van der Waals surface area (Å²) in [5.41, 5.74) is 2.16. The summed E-state index contributed by atoms with van der Waals surface area (Å²) in [6.07, 6.45) is -2.34. The number of nitrogens with one attached hydrogen (secondary N) is 1. The second-order valence-electron chi connectivity index (χ2n) is 10.8. The highest BCUT2D eigenvalue weighted by atomic mass is 35.5. The number of thiazole rings is 1. The number of carbonyl (C=O) groups is 1. The minimum Gasteiger partial charge on any atom is -0.336 e. The fourth-order valence-electron chi connectivity index (χ4n) is 5.16. The minimum atomic E-state index is -4.56. The number of aromatic nitrogens is 3. The van der Waals surface area contributed by atoms with Gasteiger partial charge in [0.05, 0.1) is 22.5 Å². The van der Waals surface area contributed by atoms with Crippen molar-refractivity contribution in [3.63, 3.8) is 0 Å². The van der Waals surface area contributed by atoms with Crippen LogP contribution in [0.2, 0.25) is 5.02 Å². The highest BCUT2D eigenvalue weighted by molar-refractivity contribution is 7.13. The van der Waals surface area contributed by atoms with Crippen LogP contribution >= 0.6 is 22.9 Å². The van der Waals surface area contributed by atoms with Gasteiger partial charge >= 0.3 is 6.18 Å². The van der Waals surface area contributed by atoms with Gasteiger partial charge in [0.15, 0.2) is 0 Å². The molecule has 1 amide bonds. The fraction of sp³-hybridized carbons (Fsp3) is 0.355. The lowest BCUT2D eigenvalue weighted by molar-refractivity contribution is -0.141. The highest BCUT2D eigenvalue weighted by Crippen LogP contribution is 2.33. The van der Waals surface area contributed by atoms with E-state index in [4.69, 9.17) is 11.6 Å². The van der Waals surface area contributed by atoms with Gasteiger partial charge in [-0.25, -0.2) is 4.98 Å². The molecule has 12 heteroatoms. The van der Waals surface area contributed by atoms with E-state index >= 15 is 0 Å². The molecule has 1 fully saturated rings. The number of benzene rings is 1. The minimum absolute atomic E-state index is 0.133. The van der Waals surface area contributed by atoms with E-state index in [-0.39, 0.29) is 22.9 Å². The molecule has 1 aliphatic rings. The van der Waals surface area contributed by atoms with Gasteiger partial charge in [-0.3, -0.25) is 19.1 Å². The van der Waals surface area contributed by atoms with Gasteiger partial charge in [-0.1, -0.05) is 38.4 Å². The predicted molar refractivity (Wildman–Crippen MR) is 163 cm³/mol. The summed E-state index contributed by atoms with van der Waals surface area (Å²) in [6.45, 7) is 8.47. The van der Waals surface area contributed by atoms with Crippen LogP contribution in [-0.2, 0) is 19.0 Å². The summed E-state index contributed by atoms with van der Waals surface area (Å²) in [6, 6.07) is 9.24. The summed E-state index contributed by atoms with van der Waals surface area (Å²) in [5, 5.41) is 5.74. The number of halogens is 4. The Bertz CT molecular complexity index is 1690. The number of nitrogens with zero attached hydrogens (tertiary/aromatic N) is 4. The maximum atomic E-state index is 14.4. The Morgan fingerprint density at radius 2 is 1.88 bits per heavy atom. The van der Waals surface area contributed by atoms with Crippen molar-refractivity contribution in [3.05, 3.63) is 85.9 Å². The van der Waals surface area contributed by atoms with Crippen LogP contribution in [0, 0.1) is 5.92 Å². The van der Waals surface area contributed by atoms with E-state index in [0.717, 1.165) is 17.8 Å². The number of aryl methyl sites for hydroxylation is 1. The third-order valence-corrected chi connectivity index (χ3v) is 8.40. The molecule has 0 atom stereocenters. The molecule has 7 nitrogen and oxygen atoms in total. The molecule has 5 rings (SSSR count). The smallest absolute Gasteiger partial charge is 0.336 e. The van der Waals surface area contributed by atoms with Crippen LogP contribution in [0.5, 0.6) is 0 Å². The molecule has 1 N–H and O–H groups in total. The van der Waals surface area contributed by atoms with Crippen molar-refractivity contribution in [2.24, 2.45) is 5.92 Å². The number of hydrogen-bond donors (Lipinski definition) is 1. The first-order chi connectivity index (χ1) is 20.5. The van der Waals surface area contributed by atoms with Gasteiger partial charge in [0.25, 0.3) is 11.5 Å². The second kappa shape index (κ2) is 12.6. The number of hydrogen-bond acceptors (Lipinski definition) is 6. The number of carbonyl (C=O) groups excluding carboxylic acids is 1. The molecule has 0 bridgehead atoms. The fourth-order valence-corrected chi connectivity index (χ4v) is 6.16. The average molecular weight is 630 g/mol. The number of alkyl halides is 3. The summed E-state index contributed by atoms with van der Waals surface area (Å²) in [5.74, 6) is -0.0371. The van der Waals surface area contributed by atoms with Crippen molar-refractivity contribution in [2.75, 3.05) is 26.2 Å². The highest BCUT2D eigenvalue weighted by Gasteiger charge is 2.32. The first-order valence-electron chi connectivity index (χ1n) is 14.0. The maximum absolute atomic E-state index is 14.4. The molecule has 1 aromatic carbocycles. The molecule has 1 saturated heterocycles. The van der Waals surface area contributed by atoms with Crippen LogP contribution in [0.3, 0.4) is 0 Å². The molecule has 3 aromatic heterocycles. The third-order valence-electron chi connectivity index (χ3n) is 7.29. The monoisotopic (exact) mass is 629 g/mol. The Kier molecular flexibility index (Phi) is 9.05. The van der Waals surface area contributed by atoms with Crippen LogP contribution < -0.4 is 10.9 Å². The molecule has 1 aliphatic heterocycles. The van der Waals surface area contributed by atoms with Gasteiger partial charge in [-0.05, 0) is 54.7 Å². The predicted octanol–water partition coefficient (Wildman–Crippen LogP) is 6.50. The Balaban J connectivity index is 1.73. The summed E-state index contributed by atoms with van der Waals surface area (Å²) >= 11 is 7.62. The van der Waals surface area contributed by atoms with E-state index in [2.05, 4.69) is 15.3 Å². The Hall–Kier alpha value is -3.54. The molecule has 0 radical (unpaired) electrons. The van der Waals surface area contributed by atoms with Crippen LogP contribution in [0.25, 0.3) is 27.5 Å². The van der Waals surface area contributed by atoms with E-state index in [1.807, 2.05) is 26.8 Å². The zero-order chi connectivity index (χ0) is 30.9. The molecule has 0 saturated carbocycles. The van der Waals surface area contributed by atoms with Gasteiger partial charge < -0.3 is 10.2 Å². The summed E-state index contributed by atoms with van der Waals surface area (Å²) < 4.78 is 40.7. The lowest BCUT2D eigenvalue weighted by Crippen LogP contribution is -2.47. The maximum Gasteiger partial charge on any atom is 0.433 e. The number of amides is 1. The van der Waals surface area contributed by atoms with Crippen LogP contribution in [-0.4, -0.2) is 51.5 Å². The van der Waals surface area contributed by atoms with Crippen molar-refractivity contribution >= 4 is 28.8 Å². The van der Waals surface area contributed by atoms with Gasteiger partial charge in [0.1, 0.15) is 10.7 Å². The Labute approximate surface area is 256 Å². The van der Waals surface area contributed by atoms with Crippen molar-refractivity contribution in [2.45, 2.75) is 39.8 Å². The lowest BCUT2D eigenvalue weighted by atomic mass is 9.98. The molecular weight excluding hydrogens is 599 g/mol. The van der Waals surface area contributed by atoms with Gasteiger partial charge in [-0.15, -0.1) is 11.3 Å². The average Bonchev–Trinajstić information content (AvgIpc) is 3.47. The third kappa shape index (κ3) is 6.53. The lowest BCUT2D eigenvalue weighted by Gasteiger charge is -2.29. The second-order valence-corrected chi connectivity index (χ2v) is 12.1. The largest absolute Gasteiger partial charge is 0.433 e. The Morgan fingerprint density at radius 1 is 1.14 bits per heavy atom. The molecule has 43 heavy (non-hydrogen) atoms. The topological polar surface area (TPSA) is 80.1 Å². The molecule has 0 spiro atoms. The number of piperazine rings is 1. The normalized spacial score (nSPS) is 14.0. The first kappa shape index (κ1) is 30.9. The van der Waals surface area contributed by atoms with Crippen LogP contribution in [0.15, 0.2) is 52.8 Å². The van der Waals surface area contributed by atoms with E-state index in [1.165, 1.54) is 17.4 Å². The van der Waals surface area contributed by atoms with Gasteiger partial charge in [-0.2, -0.15) is 13.2 Å². The van der Waals surface area contributed by atoms with Gasteiger partial charge in [0, 0.05) is 54.0 Å². The summed E-state index contributed by atoms with van der Waals surface area (Å²) in [4.78, 5) is 38.5. The van der Waals surface area contributed by atoms with E-state index < -0.39 is 11.9 Å². The zero-order valence-electron chi connectivity index (χ0n) is 24.0. The molecular formula is C31H31ClF3N5O2S. The first-order valence-corrected chi connectivity index (χ1v) is 15.3. The molecule has 0 unspecified atom stereocenters. The summed E-state index contributed by atoms with van der Waals surface area (Å²) in [7, 11) is 0. The van der Waals surface area contributed by atoms with E-state index in [1.54, 1.807) is 33.0 Å². The van der Waals surface area contributed by atoms with Crippen molar-refractivity contribution in [1.29, 1.82) is 0 Å². The van der Waals surface area contributed by atoms with E-state index in [0.29, 0.717) is 77.3 Å². The van der Waals surface area contributed by atoms with Crippen molar-refractivity contribution in [1.82, 2.24) is 24.8 Å². The van der Waals surface area contributed by atoms with E-state index in [9.17, 15) is 22.8 Å². The van der Waals surface area contributed by atoms with Crippen molar-refractivity contribution < 1.29 is 18.0 Å². The zero-order valence-corrected chi connectivity index (χ0v) is 25.5. The molecule has 4 heterocycles. The molecule has 226 valence electrons. The molecule has 4 aromatic rings. The SMILES string of the molecule is CCc1ccc(Cl)cc1-n1c(CC(C)C)c(C(=O)N2CCNCC2)cc(-c2nc(-c3ccc(C(F)(F)F)nc3)cs2)c1=O. The number of pyridine rings is 2. The standard InChI is InChI=1S/C31H31ClF3N5O2S/c1-4-19-5-7-21(32)14-25(19)40-26(13-18(2)3)22(29(41)39-11-9-36-10-12-39)15-23(30(40)42)28-38-24(17-43-28)20-6-8-27(37-16-20)31(33,34)35/h5-8,14-18,36H,4,9-13H2,1-3H3. The quantitative estimate of drug-likeness (QED) is 0.252. The van der Waals surface area contributed by atoms with Crippen molar-refractivity contribution in [3.8, 4) is 27.5 Å². The van der Waals surface area contributed by atoms with Gasteiger partial charge in [0.2, 0.25) is 0 Å². The van der Waals surface area contributed by atoms with Crippen LogP contribution in [0.4, 0.5) is 13.2 Å². The Morgan fingerprint density at radius 3 is 2.51 bits per heavy atom. The number of rotatable bonds is 7.